The van der Waals surface area contributed by atoms with Gasteiger partial charge in [-0.1, -0.05) is 6.07 Å². The highest BCUT2D eigenvalue weighted by Gasteiger charge is 2.34. The second kappa shape index (κ2) is 6.47. The van der Waals surface area contributed by atoms with Crippen LogP contribution in [0.1, 0.15) is 19.3 Å². The van der Waals surface area contributed by atoms with Crippen LogP contribution in [0, 0.1) is 11.7 Å². The first-order chi connectivity index (χ1) is 10.9. The van der Waals surface area contributed by atoms with Crippen LogP contribution in [0.5, 0.6) is 0 Å². The van der Waals surface area contributed by atoms with Gasteiger partial charge in [0.05, 0.1) is 17.4 Å². The molecule has 1 aromatic carbocycles. The lowest BCUT2D eigenvalue weighted by atomic mass is 10.0. The summed E-state index contributed by atoms with van der Waals surface area (Å²) < 4.78 is 36.2. The van der Waals surface area contributed by atoms with Gasteiger partial charge < -0.3 is 10.2 Å². The third-order valence-corrected chi connectivity index (χ3v) is 6.39. The SMILES string of the molecule is O=C(NC1CCN(c2cccc(F)c2)CC1)[C@H]1CCS(=O)(=O)C1. The highest BCUT2D eigenvalue weighted by atomic mass is 32.2. The van der Waals surface area contributed by atoms with E-state index in [0.29, 0.717) is 6.42 Å². The predicted molar refractivity (Wildman–Crippen MR) is 86.5 cm³/mol. The number of carbonyl (C=O) groups is 1. The fraction of sp³-hybridized carbons (Fsp3) is 0.562. The molecule has 2 aliphatic rings. The van der Waals surface area contributed by atoms with Gasteiger partial charge in [0.25, 0.3) is 0 Å². The molecule has 2 aliphatic heterocycles. The van der Waals surface area contributed by atoms with E-state index in [1.807, 2.05) is 6.07 Å². The molecule has 2 saturated heterocycles. The molecule has 23 heavy (non-hydrogen) atoms. The van der Waals surface area contributed by atoms with Crippen LogP contribution in [0.15, 0.2) is 24.3 Å². The molecule has 5 nitrogen and oxygen atoms in total. The summed E-state index contributed by atoms with van der Waals surface area (Å²) in [5.41, 5.74) is 0.858. The first kappa shape index (κ1) is 16.2. The summed E-state index contributed by atoms with van der Waals surface area (Å²) in [6.45, 7) is 1.49. The molecule has 0 radical (unpaired) electrons. The molecule has 0 aliphatic carbocycles. The van der Waals surface area contributed by atoms with Gasteiger partial charge in [-0.3, -0.25) is 4.79 Å². The average Bonchev–Trinajstić information content (AvgIpc) is 2.88. The van der Waals surface area contributed by atoms with Gasteiger partial charge in [0.2, 0.25) is 5.91 Å². The maximum Gasteiger partial charge on any atom is 0.224 e. The monoisotopic (exact) mass is 340 g/mol. The van der Waals surface area contributed by atoms with Crippen molar-refractivity contribution in [1.82, 2.24) is 5.32 Å². The molecule has 1 atom stereocenters. The van der Waals surface area contributed by atoms with Crippen molar-refractivity contribution in [2.24, 2.45) is 5.92 Å². The van der Waals surface area contributed by atoms with Gasteiger partial charge in [0.1, 0.15) is 5.82 Å². The summed E-state index contributed by atoms with van der Waals surface area (Å²) in [5.74, 6) is -0.707. The second-order valence-corrected chi connectivity index (χ2v) is 8.58. The zero-order chi connectivity index (χ0) is 16.4. The van der Waals surface area contributed by atoms with E-state index >= 15 is 0 Å². The van der Waals surface area contributed by atoms with Crippen molar-refractivity contribution in [2.45, 2.75) is 25.3 Å². The maximum atomic E-state index is 13.3. The largest absolute Gasteiger partial charge is 0.371 e. The summed E-state index contributed by atoms with van der Waals surface area (Å²) >= 11 is 0. The molecule has 0 bridgehead atoms. The summed E-state index contributed by atoms with van der Waals surface area (Å²) in [5, 5.41) is 2.98. The predicted octanol–water partition coefficient (Wildman–Crippen LogP) is 1.35. The zero-order valence-electron chi connectivity index (χ0n) is 12.9. The molecular weight excluding hydrogens is 319 g/mol. The number of nitrogens with one attached hydrogen (secondary N) is 1. The Labute approximate surface area is 135 Å². The lowest BCUT2D eigenvalue weighted by Gasteiger charge is -2.34. The zero-order valence-corrected chi connectivity index (χ0v) is 13.7. The Morgan fingerprint density at radius 1 is 1.22 bits per heavy atom. The Kier molecular flexibility index (Phi) is 4.57. The van der Waals surface area contributed by atoms with Crippen molar-refractivity contribution >= 4 is 21.4 Å². The van der Waals surface area contributed by atoms with Crippen LogP contribution in [0.25, 0.3) is 0 Å². The summed E-state index contributed by atoms with van der Waals surface area (Å²) in [4.78, 5) is 14.3. The first-order valence-electron chi connectivity index (χ1n) is 7.94. The Hall–Kier alpha value is -1.63. The molecule has 1 N–H and O–H groups in total. The fourth-order valence-electron chi connectivity index (χ4n) is 3.28. The lowest BCUT2D eigenvalue weighted by Crippen LogP contribution is -2.46. The van der Waals surface area contributed by atoms with Crippen LogP contribution in [0.2, 0.25) is 0 Å². The fourth-order valence-corrected chi connectivity index (χ4v) is 5.02. The van der Waals surface area contributed by atoms with E-state index in [1.54, 1.807) is 6.07 Å². The van der Waals surface area contributed by atoms with Crippen LogP contribution in [0.3, 0.4) is 0 Å². The molecule has 126 valence electrons. The molecule has 0 saturated carbocycles. The molecule has 0 spiro atoms. The van der Waals surface area contributed by atoms with Crippen molar-refractivity contribution in [1.29, 1.82) is 0 Å². The molecule has 1 amide bonds. The number of benzene rings is 1. The molecule has 7 heteroatoms. The number of carbonyl (C=O) groups excluding carboxylic acids is 1. The van der Waals surface area contributed by atoms with Gasteiger partial charge in [0, 0.05) is 24.8 Å². The van der Waals surface area contributed by atoms with Crippen molar-refractivity contribution in [2.75, 3.05) is 29.5 Å². The average molecular weight is 340 g/mol. The van der Waals surface area contributed by atoms with Crippen LogP contribution >= 0.6 is 0 Å². The van der Waals surface area contributed by atoms with Crippen LogP contribution in [-0.4, -0.2) is 45.0 Å². The molecule has 0 unspecified atom stereocenters. The van der Waals surface area contributed by atoms with Gasteiger partial charge in [-0.25, -0.2) is 12.8 Å². The molecular formula is C16H21FN2O3S. The third-order valence-electron chi connectivity index (χ3n) is 4.62. The molecule has 2 fully saturated rings. The number of nitrogens with zero attached hydrogens (tertiary/aromatic N) is 1. The summed E-state index contributed by atoms with van der Waals surface area (Å²) in [6, 6.07) is 6.58. The van der Waals surface area contributed by atoms with Gasteiger partial charge in [0.15, 0.2) is 9.84 Å². The summed E-state index contributed by atoms with van der Waals surface area (Å²) in [7, 11) is -3.03. The number of rotatable bonds is 3. The molecule has 1 aromatic rings. The van der Waals surface area contributed by atoms with E-state index in [1.165, 1.54) is 12.1 Å². The topological polar surface area (TPSA) is 66.5 Å². The minimum atomic E-state index is -3.03. The van der Waals surface area contributed by atoms with Crippen molar-refractivity contribution in [3.8, 4) is 0 Å². The normalized spacial score (nSPS) is 24.6. The number of halogens is 1. The highest BCUT2D eigenvalue weighted by Crippen LogP contribution is 2.22. The summed E-state index contributed by atoms with van der Waals surface area (Å²) in [6.07, 6.45) is 1.99. The Morgan fingerprint density at radius 2 is 1.96 bits per heavy atom. The number of anilines is 1. The molecule has 2 heterocycles. The minimum Gasteiger partial charge on any atom is -0.371 e. The van der Waals surface area contributed by atoms with Crippen LogP contribution in [0.4, 0.5) is 10.1 Å². The van der Waals surface area contributed by atoms with Gasteiger partial charge in [-0.15, -0.1) is 0 Å². The Bertz CT molecular complexity index is 684. The molecule has 3 rings (SSSR count). The Balaban J connectivity index is 1.50. The van der Waals surface area contributed by atoms with Gasteiger partial charge >= 0.3 is 0 Å². The lowest BCUT2D eigenvalue weighted by molar-refractivity contribution is -0.125. The number of hydrogen-bond acceptors (Lipinski definition) is 4. The van der Waals surface area contributed by atoms with E-state index in [4.69, 9.17) is 0 Å². The van der Waals surface area contributed by atoms with E-state index in [-0.39, 0.29) is 29.3 Å². The van der Waals surface area contributed by atoms with Crippen molar-refractivity contribution < 1.29 is 17.6 Å². The van der Waals surface area contributed by atoms with Crippen molar-refractivity contribution in [3.63, 3.8) is 0 Å². The van der Waals surface area contributed by atoms with Crippen molar-refractivity contribution in [3.05, 3.63) is 30.1 Å². The minimum absolute atomic E-state index is 0.0268. The highest BCUT2D eigenvalue weighted by molar-refractivity contribution is 7.91. The van der Waals surface area contributed by atoms with Crippen LogP contribution < -0.4 is 10.2 Å². The first-order valence-corrected chi connectivity index (χ1v) is 9.76. The van der Waals surface area contributed by atoms with E-state index < -0.39 is 15.8 Å². The Morgan fingerprint density at radius 3 is 2.57 bits per heavy atom. The molecule has 0 aromatic heterocycles. The quantitative estimate of drug-likeness (QED) is 0.902. The smallest absolute Gasteiger partial charge is 0.224 e. The van der Waals surface area contributed by atoms with E-state index in [0.717, 1.165) is 31.6 Å². The van der Waals surface area contributed by atoms with Crippen LogP contribution in [-0.2, 0) is 14.6 Å². The number of amides is 1. The third kappa shape index (κ3) is 4.02. The van der Waals surface area contributed by atoms with E-state index in [2.05, 4.69) is 10.2 Å². The standard InChI is InChI=1S/C16H21FN2O3S/c17-13-2-1-3-15(10-13)19-7-4-14(5-8-19)18-16(20)12-6-9-23(21,22)11-12/h1-3,10,12,14H,4-9,11H2,(H,18,20)/t12-/m0/s1. The van der Waals surface area contributed by atoms with Gasteiger partial charge in [-0.2, -0.15) is 0 Å². The number of sulfone groups is 1. The second-order valence-electron chi connectivity index (χ2n) is 6.35. The maximum absolute atomic E-state index is 13.3. The number of piperidine rings is 1. The van der Waals surface area contributed by atoms with Gasteiger partial charge in [-0.05, 0) is 37.5 Å². The van der Waals surface area contributed by atoms with E-state index in [9.17, 15) is 17.6 Å². The number of hydrogen-bond donors (Lipinski definition) is 1.